The molecule has 0 atom stereocenters. The molecule has 1 aliphatic carbocycles. The van der Waals surface area contributed by atoms with Crippen LogP contribution in [0.5, 0.6) is 0 Å². The molecule has 1 aromatic carbocycles. The van der Waals surface area contributed by atoms with E-state index in [9.17, 15) is 0 Å². The Bertz CT molecular complexity index is 373. The van der Waals surface area contributed by atoms with E-state index in [2.05, 4.69) is 42.4 Å². The fourth-order valence-corrected chi connectivity index (χ4v) is 1.46. The van der Waals surface area contributed by atoms with Crippen LogP contribution in [0.1, 0.15) is 17.0 Å². The first-order chi connectivity index (χ1) is 6.40. The first-order valence-corrected chi connectivity index (χ1v) is 4.32. The molecule has 0 aromatic heterocycles. The van der Waals surface area contributed by atoms with Gasteiger partial charge in [0.15, 0.2) is 0 Å². The van der Waals surface area contributed by atoms with Crippen LogP contribution in [-0.2, 0) is 0 Å². The van der Waals surface area contributed by atoms with Gasteiger partial charge in [0.25, 0.3) is 0 Å². The average Bonchev–Trinajstić information content (AvgIpc) is 2.71. The molecule has 0 fully saturated rings. The highest BCUT2D eigenvalue weighted by Gasteiger charge is 2.05. The second-order valence-electron chi connectivity index (χ2n) is 3.06. The zero-order valence-electron chi connectivity index (χ0n) is 7.27. The summed E-state index contributed by atoms with van der Waals surface area (Å²) in [7, 11) is 0. The first-order valence-electron chi connectivity index (χ1n) is 4.32. The molecule has 0 bridgehead atoms. The van der Waals surface area contributed by atoms with E-state index in [-0.39, 0.29) is 0 Å². The minimum absolute atomic E-state index is 0.437. The predicted molar refractivity (Wildman–Crippen MR) is 55.4 cm³/mol. The molecule has 2 rings (SSSR count). The third kappa shape index (κ3) is 1.55. The molecule has 13 heavy (non-hydrogen) atoms. The summed E-state index contributed by atoms with van der Waals surface area (Å²) in [5, 5.41) is 0. The zero-order valence-corrected chi connectivity index (χ0v) is 7.27. The zero-order chi connectivity index (χ0) is 9.10. The minimum atomic E-state index is 0.437. The quantitative estimate of drug-likeness (QED) is 0.563. The highest BCUT2D eigenvalue weighted by molar-refractivity contribution is 5.40. The number of allylic oxidation sites excluding steroid dienone is 4. The Morgan fingerprint density at radius 2 is 1.62 bits per heavy atom. The van der Waals surface area contributed by atoms with Crippen molar-refractivity contribution in [3.8, 4) is 12.3 Å². The van der Waals surface area contributed by atoms with Crippen LogP contribution >= 0.6 is 0 Å². The van der Waals surface area contributed by atoms with Gasteiger partial charge in [-0.3, -0.25) is 0 Å². The molecule has 0 heterocycles. The Hall–Kier alpha value is -1.74. The van der Waals surface area contributed by atoms with Gasteiger partial charge >= 0.3 is 0 Å². The minimum Gasteiger partial charge on any atom is -0.115 e. The molecule has 0 nitrogen and oxygen atoms in total. The van der Waals surface area contributed by atoms with Crippen molar-refractivity contribution in [1.82, 2.24) is 0 Å². The van der Waals surface area contributed by atoms with Gasteiger partial charge in [0, 0.05) is 11.5 Å². The molecule has 0 spiro atoms. The van der Waals surface area contributed by atoms with Crippen molar-refractivity contribution in [2.45, 2.75) is 5.92 Å². The lowest BCUT2D eigenvalue weighted by molar-refractivity contribution is 1.10. The lowest BCUT2D eigenvalue weighted by Crippen LogP contribution is -1.88. The maximum absolute atomic E-state index is 5.28. The molecule has 0 heteroatoms. The lowest BCUT2D eigenvalue weighted by atomic mass is 10.00. The smallest absolute Gasteiger partial charge is 0.0242 e. The highest BCUT2D eigenvalue weighted by Crippen LogP contribution is 2.22. The fourth-order valence-electron chi connectivity index (χ4n) is 1.46. The number of benzene rings is 1. The summed E-state index contributed by atoms with van der Waals surface area (Å²) in [6.07, 6.45) is 13.8. The van der Waals surface area contributed by atoms with Gasteiger partial charge in [-0.2, -0.15) is 0 Å². The first kappa shape index (κ1) is 7.89. The van der Waals surface area contributed by atoms with Crippen LogP contribution in [0.4, 0.5) is 0 Å². The molecule has 0 saturated heterocycles. The fraction of sp³-hybridized carbons (Fsp3) is 0.0769. The van der Waals surface area contributed by atoms with Gasteiger partial charge in [-0.05, 0) is 17.7 Å². The summed E-state index contributed by atoms with van der Waals surface area (Å²) in [5.74, 6) is 3.05. The van der Waals surface area contributed by atoms with Gasteiger partial charge in [0.05, 0.1) is 0 Å². The standard InChI is InChI=1S/C13H10/c1-2-11-7-9-13(10-8-11)12-5-3-4-6-12/h1,3-10,12H. The molecule has 0 unspecified atom stereocenters. The molecule has 0 aliphatic heterocycles. The van der Waals surface area contributed by atoms with Crippen LogP contribution in [0.3, 0.4) is 0 Å². The second-order valence-corrected chi connectivity index (χ2v) is 3.06. The van der Waals surface area contributed by atoms with E-state index >= 15 is 0 Å². The molecule has 1 aliphatic rings. The van der Waals surface area contributed by atoms with Crippen LogP contribution in [0, 0.1) is 12.3 Å². The number of terminal acetylenes is 1. The van der Waals surface area contributed by atoms with Crippen molar-refractivity contribution < 1.29 is 0 Å². The van der Waals surface area contributed by atoms with Crippen LogP contribution in [-0.4, -0.2) is 0 Å². The molecule has 0 radical (unpaired) electrons. The summed E-state index contributed by atoms with van der Waals surface area (Å²) in [6, 6.07) is 8.13. The maximum atomic E-state index is 5.28. The Morgan fingerprint density at radius 3 is 2.15 bits per heavy atom. The third-order valence-electron chi connectivity index (χ3n) is 2.21. The van der Waals surface area contributed by atoms with Crippen LogP contribution in [0.2, 0.25) is 0 Å². The van der Waals surface area contributed by atoms with E-state index < -0.39 is 0 Å². The largest absolute Gasteiger partial charge is 0.115 e. The van der Waals surface area contributed by atoms with Gasteiger partial charge in [0.1, 0.15) is 0 Å². The summed E-state index contributed by atoms with van der Waals surface area (Å²) < 4.78 is 0. The van der Waals surface area contributed by atoms with E-state index in [0.29, 0.717) is 5.92 Å². The molecule has 0 amide bonds. The molecular formula is C13H10. The van der Waals surface area contributed by atoms with Gasteiger partial charge in [0.2, 0.25) is 0 Å². The summed E-state index contributed by atoms with van der Waals surface area (Å²) in [5.41, 5.74) is 2.23. The van der Waals surface area contributed by atoms with Crippen molar-refractivity contribution in [2.75, 3.05) is 0 Å². The number of hydrogen-bond acceptors (Lipinski definition) is 0. The Labute approximate surface area is 78.6 Å². The topological polar surface area (TPSA) is 0 Å². The van der Waals surface area contributed by atoms with Gasteiger partial charge in [-0.15, -0.1) is 6.42 Å². The molecule has 0 saturated carbocycles. The molecular weight excluding hydrogens is 156 g/mol. The van der Waals surface area contributed by atoms with E-state index in [4.69, 9.17) is 6.42 Å². The van der Waals surface area contributed by atoms with E-state index in [1.54, 1.807) is 0 Å². The average molecular weight is 166 g/mol. The Kier molecular flexibility index (Phi) is 2.02. The van der Waals surface area contributed by atoms with Gasteiger partial charge in [-0.1, -0.05) is 42.4 Å². The predicted octanol–water partition coefficient (Wildman–Crippen LogP) is 2.88. The third-order valence-corrected chi connectivity index (χ3v) is 2.21. The number of rotatable bonds is 1. The van der Waals surface area contributed by atoms with Crippen molar-refractivity contribution in [3.63, 3.8) is 0 Å². The number of hydrogen-bond donors (Lipinski definition) is 0. The maximum Gasteiger partial charge on any atom is 0.0242 e. The normalized spacial score (nSPS) is 14.7. The summed E-state index contributed by atoms with van der Waals surface area (Å²) in [4.78, 5) is 0. The monoisotopic (exact) mass is 166 g/mol. The Morgan fingerprint density at radius 1 is 1.00 bits per heavy atom. The van der Waals surface area contributed by atoms with Crippen LogP contribution < -0.4 is 0 Å². The van der Waals surface area contributed by atoms with Gasteiger partial charge in [-0.25, -0.2) is 0 Å². The van der Waals surface area contributed by atoms with Gasteiger partial charge < -0.3 is 0 Å². The Balaban J connectivity index is 2.28. The van der Waals surface area contributed by atoms with Crippen molar-refractivity contribution >= 4 is 0 Å². The van der Waals surface area contributed by atoms with Crippen molar-refractivity contribution in [1.29, 1.82) is 0 Å². The van der Waals surface area contributed by atoms with Crippen molar-refractivity contribution in [2.24, 2.45) is 0 Å². The molecule has 1 aromatic rings. The van der Waals surface area contributed by atoms with E-state index in [1.807, 2.05) is 12.1 Å². The summed E-state index contributed by atoms with van der Waals surface area (Å²) in [6.45, 7) is 0. The lowest BCUT2D eigenvalue weighted by Gasteiger charge is -2.04. The summed E-state index contributed by atoms with van der Waals surface area (Å²) >= 11 is 0. The van der Waals surface area contributed by atoms with Crippen LogP contribution in [0.15, 0.2) is 48.6 Å². The molecule has 0 N–H and O–H groups in total. The highest BCUT2D eigenvalue weighted by atomic mass is 14.1. The van der Waals surface area contributed by atoms with Crippen molar-refractivity contribution in [3.05, 3.63) is 59.7 Å². The second kappa shape index (κ2) is 3.33. The molecule has 62 valence electrons. The van der Waals surface area contributed by atoms with E-state index in [1.165, 1.54) is 5.56 Å². The van der Waals surface area contributed by atoms with Crippen LogP contribution in [0.25, 0.3) is 0 Å². The SMILES string of the molecule is C#Cc1ccc(C2C=CC=C2)cc1. The van der Waals surface area contributed by atoms with E-state index in [0.717, 1.165) is 5.56 Å².